The van der Waals surface area contributed by atoms with E-state index < -0.39 is 18.3 Å². The highest BCUT2D eigenvalue weighted by molar-refractivity contribution is 5.69. The van der Waals surface area contributed by atoms with Crippen molar-refractivity contribution >= 4 is 5.97 Å². The summed E-state index contributed by atoms with van der Waals surface area (Å²) in [5.74, 6) is -0.408. The van der Waals surface area contributed by atoms with Crippen LogP contribution in [0.1, 0.15) is 64.4 Å². The molecule has 178 valence electrons. The van der Waals surface area contributed by atoms with Crippen LogP contribution in [0.5, 0.6) is 0 Å². The van der Waals surface area contributed by atoms with Crippen molar-refractivity contribution in [1.82, 2.24) is 0 Å². The average molecular weight is 445 g/mol. The number of aliphatic hydroxyl groups excluding tert-OH is 3. The van der Waals surface area contributed by atoms with Crippen LogP contribution in [-0.4, -0.2) is 45.7 Å². The lowest BCUT2D eigenvalue weighted by atomic mass is 9.89. The zero-order chi connectivity index (χ0) is 23.3. The smallest absolute Gasteiger partial charge is 0.306 e. The van der Waals surface area contributed by atoms with Crippen LogP contribution < -0.4 is 0 Å². The van der Waals surface area contributed by atoms with E-state index >= 15 is 0 Å². The van der Waals surface area contributed by atoms with Crippen LogP contribution in [-0.2, 0) is 16.0 Å². The van der Waals surface area contributed by atoms with Gasteiger partial charge in [-0.2, -0.15) is 0 Å². The molecule has 1 aliphatic carbocycles. The SMILES string of the molecule is CC(C)OC(=O)CCCC=CCC1C(C=C[C@@H](O)CCCc2ccccc2)[C@H](O)C[C@@H]1O. The molecule has 0 heterocycles. The van der Waals surface area contributed by atoms with Crippen LogP contribution in [0.2, 0.25) is 0 Å². The minimum Gasteiger partial charge on any atom is -0.463 e. The van der Waals surface area contributed by atoms with Crippen molar-refractivity contribution in [2.45, 2.75) is 89.6 Å². The predicted octanol–water partition coefficient (Wildman–Crippen LogP) is 4.35. The lowest BCUT2D eigenvalue weighted by Gasteiger charge is -2.19. The molecule has 3 N–H and O–H groups in total. The van der Waals surface area contributed by atoms with Gasteiger partial charge in [-0.15, -0.1) is 0 Å². The van der Waals surface area contributed by atoms with Gasteiger partial charge >= 0.3 is 5.97 Å². The van der Waals surface area contributed by atoms with Crippen molar-refractivity contribution in [2.75, 3.05) is 0 Å². The van der Waals surface area contributed by atoms with Gasteiger partial charge in [0.15, 0.2) is 0 Å². The van der Waals surface area contributed by atoms with E-state index in [1.54, 1.807) is 6.08 Å². The van der Waals surface area contributed by atoms with E-state index in [0.29, 0.717) is 25.7 Å². The summed E-state index contributed by atoms with van der Waals surface area (Å²) < 4.78 is 5.12. The second-order valence-corrected chi connectivity index (χ2v) is 9.08. The molecule has 1 aliphatic rings. The Bertz CT molecular complexity index is 712. The number of carbonyl (C=O) groups is 1. The fraction of sp³-hybridized carbons (Fsp3) is 0.593. The molecule has 1 fully saturated rings. The standard InChI is InChI=1S/C27H40O5/c1-20(2)32-27(31)16-9-4-3-8-15-23-24(26(30)19-25(23)29)18-17-22(28)14-10-13-21-11-6-5-7-12-21/h3,5-8,11-12,17-18,20,22-26,28-30H,4,9-10,13-16,19H2,1-2H3/t22-,23?,24?,25-,26+/m0/s1. The van der Waals surface area contributed by atoms with E-state index in [-0.39, 0.29) is 23.9 Å². The molecular formula is C27H40O5. The number of hydrogen-bond donors (Lipinski definition) is 3. The molecule has 2 rings (SSSR count). The number of carbonyl (C=O) groups excluding carboxylic acids is 1. The molecule has 2 unspecified atom stereocenters. The molecule has 5 atom stereocenters. The average Bonchev–Trinajstić information content (AvgIpc) is 3.01. The highest BCUT2D eigenvalue weighted by Crippen LogP contribution is 2.36. The number of allylic oxidation sites excluding steroid dienone is 2. The van der Waals surface area contributed by atoms with Crippen LogP contribution in [0, 0.1) is 11.8 Å². The van der Waals surface area contributed by atoms with Gasteiger partial charge in [-0.25, -0.2) is 0 Å². The molecule has 1 saturated carbocycles. The third-order valence-electron chi connectivity index (χ3n) is 5.97. The maximum Gasteiger partial charge on any atom is 0.306 e. The Morgan fingerprint density at radius 1 is 1.12 bits per heavy atom. The number of ether oxygens (including phenoxy) is 1. The normalized spacial score (nSPS) is 24.6. The molecular weight excluding hydrogens is 404 g/mol. The van der Waals surface area contributed by atoms with E-state index in [0.717, 1.165) is 25.7 Å². The minimum atomic E-state index is -0.595. The molecule has 0 bridgehead atoms. The predicted molar refractivity (Wildman–Crippen MR) is 127 cm³/mol. The molecule has 0 amide bonds. The van der Waals surface area contributed by atoms with E-state index in [9.17, 15) is 20.1 Å². The van der Waals surface area contributed by atoms with Crippen LogP contribution >= 0.6 is 0 Å². The number of aliphatic hydroxyl groups is 3. The first-order chi connectivity index (χ1) is 15.4. The van der Waals surface area contributed by atoms with E-state index in [2.05, 4.69) is 12.1 Å². The Balaban J connectivity index is 1.73. The number of aryl methyl sites for hydroxylation is 1. The number of rotatable bonds is 13. The Kier molecular flexibility index (Phi) is 11.7. The Labute approximate surface area is 192 Å². The number of esters is 1. The quantitative estimate of drug-likeness (QED) is 0.239. The first-order valence-electron chi connectivity index (χ1n) is 12.0. The van der Waals surface area contributed by atoms with Crippen LogP contribution in [0.15, 0.2) is 54.6 Å². The third-order valence-corrected chi connectivity index (χ3v) is 5.97. The van der Waals surface area contributed by atoms with Crippen LogP contribution in [0.4, 0.5) is 0 Å². The summed E-state index contributed by atoms with van der Waals surface area (Å²) in [5, 5.41) is 31.1. The second kappa shape index (κ2) is 14.2. The molecule has 0 saturated heterocycles. The van der Waals surface area contributed by atoms with E-state index in [1.807, 2.05) is 50.3 Å². The highest BCUT2D eigenvalue weighted by atomic mass is 16.5. The van der Waals surface area contributed by atoms with Gasteiger partial charge in [-0.05, 0) is 63.9 Å². The monoisotopic (exact) mass is 444 g/mol. The lowest BCUT2D eigenvalue weighted by molar-refractivity contribution is -0.147. The number of unbranched alkanes of at least 4 members (excludes halogenated alkanes) is 1. The molecule has 0 aromatic heterocycles. The molecule has 5 heteroatoms. The first-order valence-corrected chi connectivity index (χ1v) is 12.0. The van der Waals surface area contributed by atoms with E-state index in [1.165, 1.54) is 5.56 Å². The van der Waals surface area contributed by atoms with Crippen LogP contribution in [0.25, 0.3) is 0 Å². The minimum absolute atomic E-state index is 0.0695. The van der Waals surface area contributed by atoms with Crippen molar-refractivity contribution in [1.29, 1.82) is 0 Å². The van der Waals surface area contributed by atoms with Crippen molar-refractivity contribution in [3.63, 3.8) is 0 Å². The lowest BCUT2D eigenvalue weighted by Crippen LogP contribution is -2.20. The van der Waals surface area contributed by atoms with Gasteiger partial charge in [0.2, 0.25) is 0 Å². The first kappa shape index (κ1) is 26.3. The summed E-state index contributed by atoms with van der Waals surface area (Å²) in [4.78, 5) is 11.5. The van der Waals surface area contributed by atoms with Crippen molar-refractivity contribution in [2.24, 2.45) is 11.8 Å². The summed E-state index contributed by atoms with van der Waals surface area (Å²) >= 11 is 0. The molecule has 1 aromatic carbocycles. The topological polar surface area (TPSA) is 87.0 Å². The summed E-state index contributed by atoms with van der Waals surface area (Å²) in [6.45, 7) is 3.68. The second-order valence-electron chi connectivity index (χ2n) is 9.08. The molecule has 0 radical (unpaired) electrons. The van der Waals surface area contributed by atoms with Gasteiger partial charge in [0.25, 0.3) is 0 Å². The summed E-state index contributed by atoms with van der Waals surface area (Å²) in [7, 11) is 0. The molecule has 1 aromatic rings. The van der Waals surface area contributed by atoms with Crippen molar-refractivity contribution in [3.8, 4) is 0 Å². The third kappa shape index (κ3) is 9.68. The summed E-state index contributed by atoms with van der Waals surface area (Å²) in [6, 6.07) is 10.2. The molecule has 0 aliphatic heterocycles. The number of benzene rings is 1. The Hall–Kier alpha value is -1.95. The van der Waals surface area contributed by atoms with Crippen LogP contribution in [0.3, 0.4) is 0 Å². The van der Waals surface area contributed by atoms with Gasteiger partial charge in [0, 0.05) is 18.8 Å². The molecule has 5 nitrogen and oxygen atoms in total. The van der Waals surface area contributed by atoms with Gasteiger partial charge in [-0.1, -0.05) is 54.6 Å². The Morgan fingerprint density at radius 2 is 1.88 bits per heavy atom. The molecule has 32 heavy (non-hydrogen) atoms. The largest absolute Gasteiger partial charge is 0.463 e. The highest BCUT2D eigenvalue weighted by Gasteiger charge is 2.39. The van der Waals surface area contributed by atoms with Crippen molar-refractivity contribution < 1.29 is 24.9 Å². The maximum absolute atomic E-state index is 11.5. The zero-order valence-corrected chi connectivity index (χ0v) is 19.5. The van der Waals surface area contributed by atoms with E-state index in [4.69, 9.17) is 4.74 Å². The van der Waals surface area contributed by atoms with Gasteiger partial charge in [0.05, 0.1) is 24.4 Å². The van der Waals surface area contributed by atoms with Gasteiger partial charge in [-0.3, -0.25) is 4.79 Å². The van der Waals surface area contributed by atoms with Gasteiger partial charge in [0.1, 0.15) is 0 Å². The molecule has 0 spiro atoms. The summed E-state index contributed by atoms with van der Waals surface area (Å²) in [6.07, 6.45) is 11.3. The maximum atomic E-state index is 11.5. The zero-order valence-electron chi connectivity index (χ0n) is 19.5. The fourth-order valence-electron chi connectivity index (χ4n) is 4.28. The number of hydrogen-bond acceptors (Lipinski definition) is 5. The summed E-state index contributed by atoms with van der Waals surface area (Å²) in [5.41, 5.74) is 1.27. The van der Waals surface area contributed by atoms with Crippen molar-refractivity contribution in [3.05, 3.63) is 60.2 Å². The Morgan fingerprint density at radius 3 is 2.59 bits per heavy atom. The fourth-order valence-corrected chi connectivity index (χ4v) is 4.28. The van der Waals surface area contributed by atoms with Gasteiger partial charge < -0.3 is 20.1 Å².